The van der Waals surface area contributed by atoms with Gasteiger partial charge in [-0.1, -0.05) is 29.8 Å². The molecule has 6 aromatic heterocycles. The number of pyridine rings is 2. The van der Waals surface area contributed by atoms with Crippen molar-refractivity contribution in [3.63, 3.8) is 0 Å². The quantitative estimate of drug-likeness (QED) is 0.0840. The van der Waals surface area contributed by atoms with E-state index in [4.69, 9.17) is 30.4 Å². The summed E-state index contributed by atoms with van der Waals surface area (Å²) in [5, 5.41) is 32.4. The normalized spacial score (nSPS) is 15.8. The predicted octanol–water partition coefficient (Wildman–Crippen LogP) is 7.60. The van der Waals surface area contributed by atoms with Gasteiger partial charge in [0.2, 0.25) is 11.8 Å². The van der Waals surface area contributed by atoms with Gasteiger partial charge < -0.3 is 29.7 Å². The van der Waals surface area contributed by atoms with E-state index in [0.29, 0.717) is 50.5 Å². The van der Waals surface area contributed by atoms with Gasteiger partial charge in [0.05, 0.1) is 43.9 Å². The smallest absolute Gasteiger partial charge is 0.392 e. The standard InChI is InChI=1S/C28H31ClFN7O3.C21H29N7O2/c1-17-15-22(37(35-17)27(2,3)4)32-21-10-5-7-18(31-21)16-28(25-33-34-26(39)40-25)11-13-36(14-12-28)24(38)19-8-6-9-20(29)23(19)30;1-14-12-17(28(27-14)20(2,3)4)24-16-7-5-6-15(23-16)13-21(8-10-22-11-9-21)18-25-26-19(29)30-18/h5-10,15H,11-14,16H2,1-4H3,(H,31,32)(H,34,39);5-7,12,22H,8-11,13H2,1-4H3,(H,23,24)(H,26,29). The van der Waals surface area contributed by atoms with Crippen LogP contribution in [0.2, 0.25) is 5.02 Å². The van der Waals surface area contributed by atoms with Crippen molar-refractivity contribution in [2.75, 3.05) is 36.8 Å². The molecule has 1 aromatic carbocycles. The number of amides is 1. The number of piperidine rings is 2. The lowest BCUT2D eigenvalue weighted by molar-refractivity contribution is 0.0636. The Balaban J connectivity index is 0.000000196. The first-order valence-electron chi connectivity index (χ1n) is 23.4. The molecule has 2 aliphatic rings. The number of nitrogens with one attached hydrogen (secondary N) is 5. The number of anilines is 4. The van der Waals surface area contributed by atoms with Gasteiger partial charge in [0.25, 0.3) is 5.91 Å². The van der Waals surface area contributed by atoms with E-state index < -0.39 is 28.7 Å². The molecule has 0 bridgehead atoms. The van der Waals surface area contributed by atoms with Crippen LogP contribution in [0.3, 0.4) is 0 Å². The average Bonchev–Trinajstić information content (AvgIpc) is 4.13. The summed E-state index contributed by atoms with van der Waals surface area (Å²) in [6.07, 6.45) is 3.59. The number of aryl methyl sites for hydroxylation is 2. The second kappa shape index (κ2) is 19.8. The van der Waals surface area contributed by atoms with Crippen LogP contribution in [0.5, 0.6) is 0 Å². The lowest BCUT2D eigenvalue weighted by Gasteiger charge is -2.39. The summed E-state index contributed by atoms with van der Waals surface area (Å²) < 4.78 is 29.2. The van der Waals surface area contributed by atoms with E-state index in [1.165, 1.54) is 12.1 Å². The number of carbonyl (C=O) groups is 1. The Labute approximate surface area is 409 Å². The van der Waals surface area contributed by atoms with E-state index in [2.05, 4.69) is 88.1 Å². The first kappa shape index (κ1) is 49.5. The molecule has 2 aliphatic heterocycles. The van der Waals surface area contributed by atoms with E-state index in [9.17, 15) is 18.8 Å². The van der Waals surface area contributed by atoms with Gasteiger partial charge in [0.1, 0.15) is 23.3 Å². The van der Waals surface area contributed by atoms with Crippen LogP contribution in [-0.4, -0.2) is 86.9 Å². The monoisotopic (exact) mass is 978 g/mol. The summed E-state index contributed by atoms with van der Waals surface area (Å²) in [4.78, 5) is 47.8. The van der Waals surface area contributed by atoms with Crippen LogP contribution in [0.4, 0.5) is 27.7 Å². The Kier molecular flexibility index (Phi) is 14.0. The largest absolute Gasteiger partial charge is 0.434 e. The van der Waals surface area contributed by atoms with Crippen LogP contribution in [0.1, 0.15) is 112 Å². The van der Waals surface area contributed by atoms with Crippen LogP contribution >= 0.6 is 11.6 Å². The van der Waals surface area contributed by atoms with Gasteiger partial charge in [0, 0.05) is 49.5 Å². The molecular weight excluding hydrogens is 919 g/mol. The van der Waals surface area contributed by atoms with Gasteiger partial charge in [0.15, 0.2) is 5.82 Å². The molecule has 0 atom stereocenters. The first-order chi connectivity index (χ1) is 33.2. The van der Waals surface area contributed by atoms with Crippen LogP contribution in [0.25, 0.3) is 0 Å². The second-order valence-corrected chi connectivity index (χ2v) is 20.6. The van der Waals surface area contributed by atoms with Crippen molar-refractivity contribution in [1.29, 1.82) is 0 Å². The molecule has 8 heterocycles. The second-order valence-electron chi connectivity index (χ2n) is 20.2. The van der Waals surface area contributed by atoms with Crippen molar-refractivity contribution in [2.45, 2.75) is 116 Å². The van der Waals surface area contributed by atoms with Gasteiger partial charge >= 0.3 is 11.5 Å². The average molecular weight is 980 g/mol. The van der Waals surface area contributed by atoms with Gasteiger partial charge in [-0.25, -0.2) is 43.5 Å². The number of aromatic amines is 2. The molecule has 70 heavy (non-hydrogen) atoms. The lowest BCUT2D eigenvalue weighted by Crippen LogP contribution is -2.46. The summed E-state index contributed by atoms with van der Waals surface area (Å²) in [5.74, 6) is 1.52. The molecule has 2 fully saturated rings. The van der Waals surface area contributed by atoms with Crippen molar-refractivity contribution in [3.05, 3.63) is 139 Å². The molecule has 19 nitrogen and oxygen atoms in total. The van der Waals surface area contributed by atoms with E-state index in [-0.39, 0.29) is 33.0 Å². The summed E-state index contributed by atoms with van der Waals surface area (Å²) in [7, 11) is 0. The van der Waals surface area contributed by atoms with E-state index in [0.717, 1.165) is 66.2 Å². The number of likely N-dealkylation sites (tertiary alicyclic amines) is 1. The maximum absolute atomic E-state index is 14.5. The molecule has 1 amide bonds. The third-order valence-electron chi connectivity index (χ3n) is 12.6. The Morgan fingerprint density at radius 3 is 1.61 bits per heavy atom. The molecule has 0 aliphatic carbocycles. The Morgan fingerprint density at radius 1 is 0.714 bits per heavy atom. The number of hydrogen-bond acceptors (Lipinski definition) is 14. The first-order valence-corrected chi connectivity index (χ1v) is 23.7. The molecule has 0 radical (unpaired) electrons. The van der Waals surface area contributed by atoms with Crippen LogP contribution in [0.15, 0.2) is 85.2 Å². The maximum atomic E-state index is 14.5. The van der Waals surface area contributed by atoms with Crippen LogP contribution in [0, 0.1) is 19.7 Å². The van der Waals surface area contributed by atoms with Gasteiger partial charge in [-0.2, -0.15) is 10.2 Å². The highest BCUT2D eigenvalue weighted by atomic mass is 35.5. The SMILES string of the molecule is Cc1cc(Nc2cccc(CC3(c4n[nH]c(=O)o4)CCN(C(=O)c4cccc(Cl)c4F)CC3)n2)n(C(C)(C)C)n1.Cc1cc(Nc2cccc(CC3(c4n[nH]c(=O)o4)CCNCC3)n2)n(C(C)(C)C)n1. The van der Waals surface area contributed by atoms with Gasteiger partial charge in [-0.15, -0.1) is 10.2 Å². The topological polar surface area (TPSA) is 236 Å². The molecule has 21 heteroatoms. The number of benzene rings is 1. The molecular formula is C49H60ClFN14O5. The molecule has 0 unspecified atom stereocenters. The Bertz CT molecular complexity index is 3070. The van der Waals surface area contributed by atoms with Crippen molar-refractivity contribution >= 4 is 40.8 Å². The number of rotatable bonds is 11. The highest BCUT2D eigenvalue weighted by molar-refractivity contribution is 6.31. The van der Waals surface area contributed by atoms with Crippen molar-refractivity contribution in [1.82, 2.24) is 60.1 Å². The zero-order valence-corrected chi connectivity index (χ0v) is 41.5. The van der Waals surface area contributed by atoms with E-state index >= 15 is 0 Å². The molecule has 370 valence electrons. The highest BCUT2D eigenvalue weighted by Gasteiger charge is 2.43. The van der Waals surface area contributed by atoms with E-state index in [1.54, 1.807) is 11.0 Å². The summed E-state index contributed by atoms with van der Waals surface area (Å²) in [6.45, 7) is 18.8. The zero-order valence-electron chi connectivity index (χ0n) is 40.7. The van der Waals surface area contributed by atoms with Gasteiger partial charge in [-0.05, 0) is 131 Å². The highest BCUT2D eigenvalue weighted by Crippen LogP contribution is 2.39. The molecule has 0 saturated carbocycles. The van der Waals surface area contributed by atoms with Crippen LogP contribution < -0.4 is 27.5 Å². The third-order valence-corrected chi connectivity index (χ3v) is 12.9. The minimum absolute atomic E-state index is 0.0727. The fourth-order valence-corrected chi connectivity index (χ4v) is 9.35. The molecule has 9 rings (SSSR count). The fourth-order valence-electron chi connectivity index (χ4n) is 9.18. The third kappa shape index (κ3) is 11.1. The summed E-state index contributed by atoms with van der Waals surface area (Å²) in [6, 6.07) is 20.0. The van der Waals surface area contributed by atoms with Gasteiger partial charge in [-0.3, -0.25) is 4.79 Å². The summed E-state index contributed by atoms with van der Waals surface area (Å²) in [5.41, 5.74) is 2.03. The Hall–Kier alpha value is -6.93. The molecule has 2 saturated heterocycles. The maximum Gasteiger partial charge on any atom is 0.434 e. The van der Waals surface area contributed by atoms with Crippen molar-refractivity contribution in [3.8, 4) is 0 Å². The number of hydrogen-bond donors (Lipinski definition) is 5. The molecule has 5 N–H and O–H groups in total. The van der Waals surface area contributed by atoms with Crippen LogP contribution in [-0.2, 0) is 34.7 Å². The number of nitrogens with zero attached hydrogens (tertiary/aromatic N) is 9. The number of carbonyl (C=O) groups excluding carboxylic acids is 1. The van der Waals surface area contributed by atoms with Crippen molar-refractivity contribution < 1.29 is 18.0 Å². The minimum atomic E-state index is -0.735. The number of halogens is 2. The minimum Gasteiger partial charge on any atom is -0.392 e. The Morgan fingerprint density at radius 2 is 1.17 bits per heavy atom. The summed E-state index contributed by atoms with van der Waals surface area (Å²) >= 11 is 5.89. The fraction of sp³-hybridized carbons (Fsp3) is 0.449. The van der Waals surface area contributed by atoms with E-state index in [1.807, 2.05) is 71.7 Å². The molecule has 0 spiro atoms. The zero-order chi connectivity index (χ0) is 50.0. The van der Waals surface area contributed by atoms with Crippen molar-refractivity contribution in [2.24, 2.45) is 0 Å². The number of H-pyrrole nitrogens is 2. The molecule has 7 aromatic rings. The predicted molar refractivity (Wildman–Crippen MR) is 263 cm³/mol. The lowest BCUT2D eigenvalue weighted by atomic mass is 9.74. The number of aromatic nitrogens is 10.